The predicted octanol–water partition coefficient (Wildman–Crippen LogP) is 2.63. The molecule has 0 spiro atoms. The average molecular weight is 236 g/mol. The van der Waals surface area contributed by atoms with Gasteiger partial charge in [0.1, 0.15) is 11.6 Å². The summed E-state index contributed by atoms with van der Waals surface area (Å²) in [5, 5.41) is 0. The van der Waals surface area contributed by atoms with Crippen LogP contribution in [0.5, 0.6) is 0 Å². The number of nitrogens with zero attached hydrogens (tertiary/aromatic N) is 1. The predicted molar refractivity (Wildman–Crippen MR) is 68.4 cm³/mol. The Bertz CT molecular complexity index is 399. The van der Waals surface area contributed by atoms with Crippen LogP contribution in [0.1, 0.15) is 40.4 Å². The van der Waals surface area contributed by atoms with Crippen LogP contribution in [0.4, 0.5) is 0 Å². The zero-order valence-electron chi connectivity index (χ0n) is 10.3. The summed E-state index contributed by atoms with van der Waals surface area (Å²) in [6.45, 7) is 3.87. The van der Waals surface area contributed by atoms with E-state index < -0.39 is 0 Å². The summed E-state index contributed by atoms with van der Waals surface area (Å²) < 4.78 is 0. The summed E-state index contributed by atoms with van der Waals surface area (Å²) in [4.78, 5) is 29.8. The lowest BCUT2D eigenvalue weighted by atomic mass is 9.99. The molecular formula is C13H20N2O2. The van der Waals surface area contributed by atoms with E-state index in [4.69, 9.17) is 0 Å². The normalized spacial score (nSPS) is 12.8. The third-order valence-corrected chi connectivity index (χ3v) is 2.73. The van der Waals surface area contributed by atoms with E-state index in [-0.39, 0.29) is 25.3 Å². The second-order valence-corrected chi connectivity index (χ2v) is 4.05. The molecule has 1 atom stereocenters. The van der Waals surface area contributed by atoms with Crippen LogP contribution in [0.25, 0.3) is 6.08 Å². The third-order valence-electron chi connectivity index (χ3n) is 2.73. The van der Waals surface area contributed by atoms with Crippen molar-refractivity contribution in [3.63, 3.8) is 0 Å². The molecule has 4 heteroatoms. The SMILES string of the molecule is CCC(C)C(=O)CCC(=O)/C=C/c1ncc[nH]1.[HH]. The number of aromatic nitrogens is 2. The molecule has 0 saturated carbocycles. The van der Waals surface area contributed by atoms with Gasteiger partial charge in [-0.3, -0.25) is 9.59 Å². The van der Waals surface area contributed by atoms with Gasteiger partial charge in [-0.1, -0.05) is 13.8 Å². The third kappa shape index (κ3) is 4.76. The smallest absolute Gasteiger partial charge is 0.156 e. The first-order valence-electron chi connectivity index (χ1n) is 5.86. The van der Waals surface area contributed by atoms with Crippen molar-refractivity contribution >= 4 is 17.6 Å². The minimum Gasteiger partial charge on any atom is -0.345 e. The summed E-state index contributed by atoms with van der Waals surface area (Å²) in [6.07, 6.45) is 7.83. The van der Waals surface area contributed by atoms with Crippen molar-refractivity contribution in [1.29, 1.82) is 0 Å². The molecule has 17 heavy (non-hydrogen) atoms. The number of H-pyrrole nitrogens is 1. The van der Waals surface area contributed by atoms with E-state index in [0.29, 0.717) is 12.2 Å². The summed E-state index contributed by atoms with van der Waals surface area (Å²) in [5.41, 5.74) is 0. The monoisotopic (exact) mass is 236 g/mol. The van der Waals surface area contributed by atoms with Crippen molar-refractivity contribution in [1.82, 2.24) is 9.97 Å². The van der Waals surface area contributed by atoms with E-state index in [1.54, 1.807) is 18.5 Å². The standard InChI is InChI=1S/C13H18N2O2.H2/c1-3-10(2)12(17)6-4-11(16)5-7-13-14-8-9-15-13;/h5,7-10H,3-4,6H2,1-2H3,(H,14,15);1H/b7-5+;. The fourth-order valence-corrected chi connectivity index (χ4v) is 1.34. The van der Waals surface area contributed by atoms with Crippen molar-refractivity contribution in [2.24, 2.45) is 5.92 Å². The lowest BCUT2D eigenvalue weighted by Crippen LogP contribution is -2.11. The molecule has 0 aliphatic carbocycles. The number of allylic oxidation sites excluding steroid dienone is 1. The minimum absolute atomic E-state index is 0. The fraction of sp³-hybridized carbons (Fsp3) is 0.462. The van der Waals surface area contributed by atoms with Crippen LogP contribution >= 0.6 is 0 Å². The Labute approximate surface area is 103 Å². The topological polar surface area (TPSA) is 62.8 Å². The molecule has 1 aromatic rings. The van der Waals surface area contributed by atoms with Gasteiger partial charge in [-0.25, -0.2) is 4.98 Å². The maximum absolute atomic E-state index is 11.5. The lowest BCUT2D eigenvalue weighted by Gasteiger charge is -2.05. The molecule has 0 aliphatic heterocycles. The molecule has 0 fully saturated rings. The molecule has 1 N–H and O–H groups in total. The minimum atomic E-state index is -0.0435. The molecule has 0 amide bonds. The number of Topliss-reactive ketones (excluding diaryl/α,β-unsaturated/α-hetero) is 1. The van der Waals surface area contributed by atoms with Crippen molar-refractivity contribution in [3.05, 3.63) is 24.3 Å². The van der Waals surface area contributed by atoms with Crippen LogP contribution in [0, 0.1) is 5.92 Å². The molecule has 4 nitrogen and oxygen atoms in total. The molecule has 1 unspecified atom stereocenters. The van der Waals surface area contributed by atoms with Gasteiger partial charge in [-0.15, -0.1) is 0 Å². The maximum atomic E-state index is 11.5. The molecule has 0 saturated heterocycles. The molecule has 0 bridgehead atoms. The molecule has 0 aromatic carbocycles. The molecular weight excluding hydrogens is 216 g/mol. The van der Waals surface area contributed by atoms with Crippen LogP contribution in [-0.2, 0) is 9.59 Å². The molecule has 1 rings (SSSR count). The molecule has 0 aliphatic rings. The highest BCUT2D eigenvalue weighted by atomic mass is 16.1. The Hall–Kier alpha value is -1.71. The Morgan fingerprint density at radius 3 is 2.88 bits per heavy atom. The first kappa shape index (κ1) is 13.4. The highest BCUT2D eigenvalue weighted by molar-refractivity contribution is 5.95. The number of aromatic amines is 1. The highest BCUT2D eigenvalue weighted by Crippen LogP contribution is 2.07. The van der Waals surface area contributed by atoms with E-state index in [1.807, 2.05) is 13.8 Å². The second kappa shape index (κ2) is 6.78. The number of ketones is 2. The number of hydrogen-bond acceptors (Lipinski definition) is 3. The molecule has 94 valence electrons. The van der Waals surface area contributed by atoms with Gasteiger partial charge < -0.3 is 4.98 Å². The van der Waals surface area contributed by atoms with Gasteiger partial charge in [-0.2, -0.15) is 0 Å². The van der Waals surface area contributed by atoms with E-state index in [2.05, 4.69) is 9.97 Å². The van der Waals surface area contributed by atoms with Crippen LogP contribution in [0.15, 0.2) is 18.5 Å². The number of imidazole rings is 1. The Morgan fingerprint density at radius 1 is 1.53 bits per heavy atom. The summed E-state index contributed by atoms with van der Waals surface area (Å²) in [7, 11) is 0. The van der Waals surface area contributed by atoms with Crippen LogP contribution in [0.2, 0.25) is 0 Å². The van der Waals surface area contributed by atoms with E-state index >= 15 is 0 Å². The number of hydrogen-bond donors (Lipinski definition) is 1. The number of rotatable bonds is 7. The van der Waals surface area contributed by atoms with Gasteiger partial charge in [0, 0.05) is 32.6 Å². The van der Waals surface area contributed by atoms with Gasteiger partial charge in [0.05, 0.1) is 0 Å². The van der Waals surface area contributed by atoms with Crippen LogP contribution in [-0.4, -0.2) is 21.5 Å². The van der Waals surface area contributed by atoms with Gasteiger partial charge in [0.25, 0.3) is 0 Å². The first-order valence-corrected chi connectivity index (χ1v) is 5.86. The van der Waals surface area contributed by atoms with Crippen molar-refractivity contribution in [2.75, 3.05) is 0 Å². The van der Waals surface area contributed by atoms with Crippen molar-refractivity contribution < 1.29 is 11.0 Å². The molecule has 1 aromatic heterocycles. The highest BCUT2D eigenvalue weighted by Gasteiger charge is 2.11. The quantitative estimate of drug-likeness (QED) is 0.740. The van der Waals surface area contributed by atoms with Crippen LogP contribution in [0.3, 0.4) is 0 Å². The van der Waals surface area contributed by atoms with E-state index in [9.17, 15) is 9.59 Å². The van der Waals surface area contributed by atoms with Crippen LogP contribution < -0.4 is 0 Å². The summed E-state index contributed by atoms with van der Waals surface area (Å²) >= 11 is 0. The molecule has 1 heterocycles. The zero-order chi connectivity index (χ0) is 12.7. The lowest BCUT2D eigenvalue weighted by molar-refractivity contribution is -0.124. The Balaban J connectivity index is 0.00000289. The Morgan fingerprint density at radius 2 is 2.29 bits per heavy atom. The summed E-state index contributed by atoms with van der Waals surface area (Å²) in [5.74, 6) is 0.814. The second-order valence-electron chi connectivity index (χ2n) is 4.05. The van der Waals surface area contributed by atoms with Gasteiger partial charge in [-0.05, 0) is 18.6 Å². The van der Waals surface area contributed by atoms with Gasteiger partial charge >= 0.3 is 0 Å². The van der Waals surface area contributed by atoms with Crippen molar-refractivity contribution in [2.45, 2.75) is 33.1 Å². The molecule has 0 radical (unpaired) electrons. The zero-order valence-corrected chi connectivity index (χ0v) is 10.3. The first-order chi connectivity index (χ1) is 8.13. The maximum Gasteiger partial charge on any atom is 0.156 e. The van der Waals surface area contributed by atoms with Gasteiger partial charge in [0.2, 0.25) is 0 Å². The van der Waals surface area contributed by atoms with Gasteiger partial charge in [0.15, 0.2) is 5.78 Å². The average Bonchev–Trinajstić information content (AvgIpc) is 2.85. The van der Waals surface area contributed by atoms with E-state index in [0.717, 1.165) is 6.42 Å². The largest absolute Gasteiger partial charge is 0.345 e. The summed E-state index contributed by atoms with van der Waals surface area (Å²) in [6, 6.07) is 0. The fourth-order valence-electron chi connectivity index (χ4n) is 1.34. The number of nitrogens with one attached hydrogen (secondary N) is 1. The number of carbonyl (C=O) groups excluding carboxylic acids is 2. The number of carbonyl (C=O) groups is 2. The Kier molecular flexibility index (Phi) is 5.33. The van der Waals surface area contributed by atoms with Crippen molar-refractivity contribution in [3.8, 4) is 0 Å². The van der Waals surface area contributed by atoms with E-state index in [1.165, 1.54) is 6.08 Å².